The Balaban J connectivity index is 2.18. The van der Waals surface area contributed by atoms with Gasteiger partial charge < -0.3 is 9.73 Å². The third-order valence-corrected chi connectivity index (χ3v) is 2.35. The number of halogens is 2. The van der Waals surface area contributed by atoms with E-state index in [1.54, 1.807) is 24.4 Å². The smallest absolute Gasteiger partial charge is 0.258 e. The van der Waals surface area contributed by atoms with Gasteiger partial charge in [0.05, 0.1) is 12.2 Å². The highest BCUT2D eigenvalue weighted by molar-refractivity contribution is 5.63. The third kappa shape index (κ3) is 2.81. The minimum atomic E-state index is -2.40. The summed E-state index contributed by atoms with van der Waals surface area (Å²) < 4.78 is 29.9. The normalized spacial score (nSPS) is 12.7. The maximum Gasteiger partial charge on any atom is 0.258 e. The average molecular weight is 238 g/mol. The van der Waals surface area contributed by atoms with E-state index in [2.05, 4.69) is 10.3 Å². The number of rotatable bonds is 4. The molecule has 1 aromatic carbocycles. The zero-order chi connectivity index (χ0) is 12.3. The van der Waals surface area contributed by atoms with Gasteiger partial charge in [0.25, 0.3) is 6.43 Å². The molecular formula is C12H12F2N2O. The zero-order valence-electron chi connectivity index (χ0n) is 9.23. The van der Waals surface area contributed by atoms with E-state index in [1.165, 1.54) is 13.3 Å². The molecule has 1 unspecified atom stereocenters. The summed E-state index contributed by atoms with van der Waals surface area (Å²) in [6.45, 7) is 1.44. The van der Waals surface area contributed by atoms with Crippen LogP contribution >= 0.6 is 0 Å². The summed E-state index contributed by atoms with van der Waals surface area (Å²) >= 11 is 0. The van der Waals surface area contributed by atoms with Gasteiger partial charge in [-0.2, -0.15) is 0 Å². The summed E-state index contributed by atoms with van der Waals surface area (Å²) in [7, 11) is 0. The van der Waals surface area contributed by atoms with Crippen LogP contribution in [0.25, 0.3) is 11.3 Å². The van der Waals surface area contributed by atoms with Gasteiger partial charge in [-0.25, -0.2) is 13.8 Å². The van der Waals surface area contributed by atoms with Gasteiger partial charge in [-0.3, -0.25) is 0 Å². The molecule has 0 saturated heterocycles. The Bertz CT molecular complexity index is 471. The summed E-state index contributed by atoms with van der Waals surface area (Å²) in [6.07, 6.45) is 0.510. The molecule has 0 radical (unpaired) electrons. The van der Waals surface area contributed by atoms with Crippen molar-refractivity contribution in [1.82, 2.24) is 4.98 Å². The van der Waals surface area contributed by atoms with E-state index >= 15 is 0 Å². The largest absolute Gasteiger partial charge is 0.444 e. The Labute approximate surface area is 97.5 Å². The van der Waals surface area contributed by atoms with Crippen molar-refractivity contribution in [2.75, 3.05) is 5.32 Å². The zero-order valence-corrected chi connectivity index (χ0v) is 9.23. The molecule has 1 atom stereocenters. The number of alkyl halides is 2. The van der Waals surface area contributed by atoms with Crippen molar-refractivity contribution >= 4 is 5.69 Å². The number of oxazole rings is 1. The van der Waals surface area contributed by atoms with Crippen molar-refractivity contribution in [3.8, 4) is 11.3 Å². The Morgan fingerprint density at radius 3 is 2.82 bits per heavy atom. The van der Waals surface area contributed by atoms with Crippen molar-refractivity contribution in [2.45, 2.75) is 19.4 Å². The molecule has 0 aliphatic rings. The molecule has 0 saturated carbocycles. The predicted molar refractivity (Wildman–Crippen MR) is 61.0 cm³/mol. The van der Waals surface area contributed by atoms with Crippen molar-refractivity contribution in [3.63, 3.8) is 0 Å². The van der Waals surface area contributed by atoms with E-state index in [0.29, 0.717) is 11.4 Å². The Hall–Kier alpha value is -1.91. The standard InChI is InChI=1S/C12H12F2N2O/c1-8(12(13)14)16-10-4-2-3-9(5-10)11-6-15-7-17-11/h2-8,12,16H,1H3. The third-order valence-electron chi connectivity index (χ3n) is 2.35. The highest BCUT2D eigenvalue weighted by Gasteiger charge is 2.14. The molecule has 2 aromatic rings. The molecule has 0 bridgehead atoms. The minimum Gasteiger partial charge on any atom is -0.444 e. The molecule has 0 amide bonds. The number of hydrogen-bond donors (Lipinski definition) is 1. The maximum absolute atomic E-state index is 12.4. The Kier molecular flexibility index (Phi) is 3.37. The van der Waals surface area contributed by atoms with E-state index in [1.807, 2.05) is 6.07 Å². The second kappa shape index (κ2) is 4.95. The van der Waals surface area contributed by atoms with Gasteiger partial charge in [-0.05, 0) is 19.1 Å². The van der Waals surface area contributed by atoms with Crippen LogP contribution < -0.4 is 5.32 Å². The lowest BCUT2D eigenvalue weighted by Gasteiger charge is -2.14. The van der Waals surface area contributed by atoms with Gasteiger partial charge in [0, 0.05) is 11.3 Å². The van der Waals surface area contributed by atoms with Crippen molar-refractivity contribution in [2.24, 2.45) is 0 Å². The van der Waals surface area contributed by atoms with Crippen LogP contribution in [0.1, 0.15) is 6.92 Å². The molecule has 90 valence electrons. The number of benzene rings is 1. The average Bonchev–Trinajstić information content (AvgIpc) is 2.82. The number of hydrogen-bond acceptors (Lipinski definition) is 3. The minimum absolute atomic E-state index is 0.610. The lowest BCUT2D eigenvalue weighted by molar-refractivity contribution is 0.131. The number of nitrogens with one attached hydrogen (secondary N) is 1. The summed E-state index contributed by atoms with van der Waals surface area (Å²) in [4.78, 5) is 3.81. The molecule has 1 aromatic heterocycles. The van der Waals surface area contributed by atoms with Crippen LogP contribution in [0.3, 0.4) is 0 Å². The fraction of sp³-hybridized carbons (Fsp3) is 0.250. The molecule has 0 fully saturated rings. The van der Waals surface area contributed by atoms with E-state index < -0.39 is 12.5 Å². The molecule has 3 nitrogen and oxygen atoms in total. The van der Waals surface area contributed by atoms with Crippen LogP contribution in [0.2, 0.25) is 0 Å². The van der Waals surface area contributed by atoms with Crippen LogP contribution in [-0.2, 0) is 0 Å². The number of aromatic nitrogens is 1. The fourth-order valence-corrected chi connectivity index (χ4v) is 1.45. The van der Waals surface area contributed by atoms with Gasteiger partial charge >= 0.3 is 0 Å². The summed E-state index contributed by atoms with van der Waals surface area (Å²) in [6, 6.07) is 6.20. The van der Waals surface area contributed by atoms with Crippen LogP contribution in [0, 0.1) is 0 Å². The quantitative estimate of drug-likeness (QED) is 0.887. The first kappa shape index (κ1) is 11.6. The van der Waals surface area contributed by atoms with Crippen LogP contribution in [0.5, 0.6) is 0 Å². The molecule has 0 aliphatic carbocycles. The Morgan fingerprint density at radius 2 is 2.18 bits per heavy atom. The first-order chi connectivity index (χ1) is 8.16. The molecule has 2 rings (SSSR count). The lowest BCUT2D eigenvalue weighted by Crippen LogP contribution is -2.23. The number of anilines is 1. The molecule has 17 heavy (non-hydrogen) atoms. The molecular weight excluding hydrogens is 226 g/mol. The first-order valence-electron chi connectivity index (χ1n) is 5.20. The number of nitrogens with zero attached hydrogens (tertiary/aromatic N) is 1. The second-order valence-electron chi connectivity index (χ2n) is 3.71. The van der Waals surface area contributed by atoms with E-state index in [-0.39, 0.29) is 0 Å². The van der Waals surface area contributed by atoms with E-state index in [9.17, 15) is 8.78 Å². The van der Waals surface area contributed by atoms with Gasteiger partial charge in [0.1, 0.15) is 0 Å². The van der Waals surface area contributed by atoms with Gasteiger partial charge in [0.15, 0.2) is 12.2 Å². The molecule has 1 heterocycles. The summed E-state index contributed by atoms with van der Waals surface area (Å²) in [5.74, 6) is 0.610. The molecule has 5 heteroatoms. The SMILES string of the molecule is CC(Nc1cccc(-c2cnco2)c1)C(F)F. The highest BCUT2D eigenvalue weighted by Crippen LogP contribution is 2.22. The van der Waals surface area contributed by atoms with Crippen LogP contribution in [-0.4, -0.2) is 17.5 Å². The molecule has 0 spiro atoms. The van der Waals surface area contributed by atoms with E-state index in [4.69, 9.17) is 4.42 Å². The monoisotopic (exact) mass is 238 g/mol. The molecule has 1 N–H and O–H groups in total. The first-order valence-corrected chi connectivity index (χ1v) is 5.20. The topological polar surface area (TPSA) is 38.1 Å². The van der Waals surface area contributed by atoms with Crippen molar-refractivity contribution in [3.05, 3.63) is 36.9 Å². The second-order valence-corrected chi connectivity index (χ2v) is 3.71. The van der Waals surface area contributed by atoms with Gasteiger partial charge in [-0.15, -0.1) is 0 Å². The van der Waals surface area contributed by atoms with Crippen LogP contribution in [0.4, 0.5) is 14.5 Å². The van der Waals surface area contributed by atoms with Gasteiger partial charge in [-0.1, -0.05) is 12.1 Å². The lowest BCUT2D eigenvalue weighted by atomic mass is 10.1. The predicted octanol–water partition coefficient (Wildman–Crippen LogP) is 3.41. The maximum atomic E-state index is 12.4. The fourth-order valence-electron chi connectivity index (χ4n) is 1.45. The van der Waals surface area contributed by atoms with Crippen molar-refractivity contribution < 1.29 is 13.2 Å². The van der Waals surface area contributed by atoms with E-state index in [0.717, 1.165) is 5.56 Å². The summed E-state index contributed by atoms with van der Waals surface area (Å²) in [5, 5.41) is 2.73. The summed E-state index contributed by atoms with van der Waals surface area (Å²) in [5.41, 5.74) is 1.43. The van der Waals surface area contributed by atoms with Crippen molar-refractivity contribution in [1.29, 1.82) is 0 Å². The molecule has 0 aliphatic heterocycles. The van der Waals surface area contributed by atoms with Crippen LogP contribution in [0.15, 0.2) is 41.3 Å². The Morgan fingerprint density at radius 1 is 1.35 bits per heavy atom. The highest BCUT2D eigenvalue weighted by atomic mass is 19.3. The van der Waals surface area contributed by atoms with Gasteiger partial charge in [0.2, 0.25) is 0 Å².